The van der Waals surface area contributed by atoms with Crippen LogP contribution in [0.5, 0.6) is 0 Å². The predicted octanol–water partition coefficient (Wildman–Crippen LogP) is 15.4. The fourth-order valence-corrected chi connectivity index (χ4v) is 10.6. The second-order valence-electron chi connectivity index (χ2n) is 15.9. The molecule has 0 saturated carbocycles. The van der Waals surface area contributed by atoms with Crippen LogP contribution in [0, 0.1) is 0 Å². The first-order valence-corrected chi connectivity index (χ1v) is 21.5. The van der Waals surface area contributed by atoms with Crippen LogP contribution in [-0.2, 0) is 0 Å². The van der Waals surface area contributed by atoms with Crippen molar-refractivity contribution in [3.05, 3.63) is 200 Å². The minimum atomic E-state index is 0.651. The van der Waals surface area contributed by atoms with Crippen molar-refractivity contribution in [2.45, 2.75) is 0 Å². The monoisotopic (exact) mass is 794 g/mol. The minimum Gasteiger partial charge on any atom is -0.354 e. The van der Waals surface area contributed by atoms with Crippen molar-refractivity contribution in [2.75, 3.05) is 0 Å². The number of hydrogen-bond donors (Lipinski definition) is 1. The maximum Gasteiger partial charge on any atom is 0.235 e. The van der Waals surface area contributed by atoms with E-state index in [1.807, 2.05) is 11.3 Å². The van der Waals surface area contributed by atoms with E-state index in [2.05, 4.69) is 210 Å². The van der Waals surface area contributed by atoms with Gasteiger partial charge in [0.15, 0.2) is 0 Å². The summed E-state index contributed by atoms with van der Waals surface area (Å²) in [6, 6.07) is 72.1. The van der Waals surface area contributed by atoms with Crippen molar-refractivity contribution in [1.29, 1.82) is 0 Å². The Morgan fingerprint density at radius 3 is 1.72 bits per heavy atom. The zero-order valence-electron chi connectivity index (χ0n) is 32.8. The molecule has 0 bridgehead atoms. The van der Waals surface area contributed by atoms with Crippen molar-refractivity contribution in [1.82, 2.24) is 19.5 Å². The van der Waals surface area contributed by atoms with Crippen molar-refractivity contribution >= 4 is 86.7 Å². The number of hydrogen-bond acceptors (Lipinski definition) is 3. The third-order valence-corrected chi connectivity index (χ3v) is 13.5. The molecule has 13 aromatic rings. The first kappa shape index (κ1) is 34.0. The molecule has 0 fully saturated rings. The third-order valence-electron chi connectivity index (χ3n) is 12.3. The number of thiophene rings is 1. The van der Waals surface area contributed by atoms with Gasteiger partial charge in [-0.1, -0.05) is 146 Å². The third kappa shape index (κ3) is 5.38. The molecule has 0 radical (unpaired) electrons. The van der Waals surface area contributed by atoms with Crippen LogP contribution in [0.15, 0.2) is 200 Å². The van der Waals surface area contributed by atoms with Gasteiger partial charge in [0.1, 0.15) is 0 Å². The molecule has 0 atom stereocenters. The lowest BCUT2D eigenvalue weighted by atomic mass is 9.98. The standard InChI is InChI=1S/C56H34N4S/c1-4-12-34(13-5-1)38-23-28-49-43(30-38)44-31-40(39-21-25-46-45(32-39)52-42-19-11-10-14-35(42)20-26-47(52)57-46)24-29-50(44)60(49)56-58-48-27-22-41-33-51(36-15-6-2-7-16-36)61-55(41)53(48)54(59-56)37-17-8-3-9-18-37/h1-33,57H. The number of rotatable bonds is 5. The molecule has 0 amide bonds. The number of aromatic amines is 1. The Bertz CT molecular complexity index is 3860. The van der Waals surface area contributed by atoms with Crippen LogP contribution in [0.1, 0.15) is 0 Å². The van der Waals surface area contributed by atoms with Crippen molar-refractivity contribution < 1.29 is 0 Å². The highest BCUT2D eigenvalue weighted by atomic mass is 32.1. The van der Waals surface area contributed by atoms with Gasteiger partial charge in [-0.05, 0) is 98.6 Å². The number of nitrogens with one attached hydrogen (secondary N) is 1. The van der Waals surface area contributed by atoms with Gasteiger partial charge in [-0.25, -0.2) is 9.97 Å². The zero-order chi connectivity index (χ0) is 40.0. The Hall–Kier alpha value is -7.86. The van der Waals surface area contributed by atoms with E-state index >= 15 is 0 Å². The van der Waals surface area contributed by atoms with E-state index in [9.17, 15) is 0 Å². The molecule has 0 spiro atoms. The topological polar surface area (TPSA) is 46.5 Å². The van der Waals surface area contributed by atoms with Gasteiger partial charge in [-0.15, -0.1) is 11.3 Å². The molecule has 0 aliphatic carbocycles. The molecular weight excluding hydrogens is 761 g/mol. The molecule has 4 nitrogen and oxygen atoms in total. The highest BCUT2D eigenvalue weighted by Crippen LogP contribution is 2.43. The van der Waals surface area contributed by atoms with Crippen molar-refractivity contribution in [2.24, 2.45) is 0 Å². The average Bonchev–Trinajstić information content (AvgIpc) is 4.04. The van der Waals surface area contributed by atoms with E-state index < -0.39 is 0 Å². The molecule has 0 unspecified atom stereocenters. The molecule has 4 heterocycles. The maximum atomic E-state index is 5.54. The second-order valence-corrected chi connectivity index (χ2v) is 16.9. The van der Waals surface area contributed by atoms with E-state index in [0.29, 0.717) is 5.95 Å². The summed E-state index contributed by atoms with van der Waals surface area (Å²) in [5.74, 6) is 0.651. The van der Waals surface area contributed by atoms with Crippen LogP contribution in [0.25, 0.3) is 125 Å². The summed E-state index contributed by atoms with van der Waals surface area (Å²) in [5.41, 5.74) is 13.2. The van der Waals surface area contributed by atoms with Gasteiger partial charge < -0.3 is 4.98 Å². The lowest BCUT2D eigenvalue weighted by Crippen LogP contribution is -2.03. The summed E-state index contributed by atoms with van der Waals surface area (Å²) in [6.07, 6.45) is 0. The Kier molecular flexibility index (Phi) is 7.44. The Labute approximate surface area is 354 Å². The molecule has 0 saturated heterocycles. The first-order valence-electron chi connectivity index (χ1n) is 20.6. The number of benzene rings is 9. The second kappa shape index (κ2) is 13.3. The quantitative estimate of drug-likeness (QED) is 0.189. The number of fused-ring (bicyclic) bond motifs is 11. The Morgan fingerprint density at radius 1 is 0.393 bits per heavy atom. The number of aromatic nitrogens is 4. The lowest BCUT2D eigenvalue weighted by Gasteiger charge is -2.13. The van der Waals surface area contributed by atoms with Crippen LogP contribution in [0.2, 0.25) is 0 Å². The predicted molar refractivity (Wildman–Crippen MR) is 258 cm³/mol. The molecule has 0 aliphatic rings. The lowest BCUT2D eigenvalue weighted by molar-refractivity contribution is 1.01. The fourth-order valence-electron chi connectivity index (χ4n) is 9.43. The minimum absolute atomic E-state index is 0.651. The van der Waals surface area contributed by atoms with Gasteiger partial charge in [-0.2, -0.15) is 0 Å². The van der Waals surface area contributed by atoms with Crippen LogP contribution in [0.4, 0.5) is 0 Å². The summed E-state index contributed by atoms with van der Waals surface area (Å²) in [6.45, 7) is 0. The summed E-state index contributed by atoms with van der Waals surface area (Å²) in [5, 5.41) is 9.58. The summed E-state index contributed by atoms with van der Waals surface area (Å²) < 4.78 is 3.46. The maximum absolute atomic E-state index is 5.54. The SMILES string of the molecule is c1ccc(-c2ccc3c(c2)c2cc(-c4ccc5[nH]c6ccc7ccccc7c6c5c4)ccc2n3-c2nc(-c3ccccc3)c3c(ccc4cc(-c5ccccc5)sc43)n2)cc1. The molecule has 5 heteroatoms. The van der Waals surface area contributed by atoms with E-state index in [0.717, 1.165) is 60.6 Å². The highest BCUT2D eigenvalue weighted by Gasteiger charge is 2.21. The fraction of sp³-hybridized carbons (Fsp3) is 0. The van der Waals surface area contributed by atoms with Crippen LogP contribution < -0.4 is 0 Å². The number of nitrogens with zero attached hydrogens (tertiary/aromatic N) is 3. The zero-order valence-corrected chi connectivity index (χ0v) is 33.6. The molecule has 9 aromatic carbocycles. The van der Waals surface area contributed by atoms with E-state index in [4.69, 9.17) is 9.97 Å². The Balaban J connectivity index is 1.06. The largest absolute Gasteiger partial charge is 0.354 e. The highest BCUT2D eigenvalue weighted by molar-refractivity contribution is 7.23. The van der Waals surface area contributed by atoms with Crippen molar-refractivity contribution in [3.8, 4) is 49.9 Å². The summed E-state index contributed by atoms with van der Waals surface area (Å²) >= 11 is 1.81. The van der Waals surface area contributed by atoms with Gasteiger partial charge in [0.2, 0.25) is 5.95 Å². The molecule has 13 rings (SSSR count). The molecule has 4 aromatic heterocycles. The molecule has 1 N–H and O–H groups in total. The van der Waals surface area contributed by atoms with E-state index in [1.165, 1.54) is 58.8 Å². The molecule has 61 heavy (non-hydrogen) atoms. The first-order chi connectivity index (χ1) is 30.2. The van der Waals surface area contributed by atoms with Crippen LogP contribution >= 0.6 is 11.3 Å². The van der Waals surface area contributed by atoms with Gasteiger partial charge >= 0.3 is 0 Å². The average molecular weight is 795 g/mol. The van der Waals surface area contributed by atoms with Gasteiger partial charge in [0, 0.05) is 53.1 Å². The van der Waals surface area contributed by atoms with Crippen molar-refractivity contribution in [3.63, 3.8) is 0 Å². The smallest absolute Gasteiger partial charge is 0.235 e. The van der Waals surface area contributed by atoms with Crippen LogP contribution in [-0.4, -0.2) is 19.5 Å². The molecule has 0 aliphatic heterocycles. The van der Waals surface area contributed by atoms with Crippen LogP contribution in [0.3, 0.4) is 0 Å². The van der Waals surface area contributed by atoms with Gasteiger partial charge in [-0.3, -0.25) is 4.57 Å². The van der Waals surface area contributed by atoms with E-state index in [1.54, 1.807) is 0 Å². The normalized spacial score (nSPS) is 11.9. The Morgan fingerprint density at radius 2 is 0.984 bits per heavy atom. The van der Waals surface area contributed by atoms with Gasteiger partial charge in [0.05, 0.1) is 22.2 Å². The molecular formula is C56H34N4S. The summed E-state index contributed by atoms with van der Waals surface area (Å²) in [4.78, 5) is 15.9. The van der Waals surface area contributed by atoms with E-state index in [-0.39, 0.29) is 0 Å². The number of H-pyrrole nitrogens is 1. The van der Waals surface area contributed by atoms with Gasteiger partial charge in [0.25, 0.3) is 0 Å². The molecule has 284 valence electrons. The summed E-state index contributed by atoms with van der Waals surface area (Å²) in [7, 11) is 0.